The van der Waals surface area contributed by atoms with Crippen molar-refractivity contribution in [3.05, 3.63) is 99.7 Å². The van der Waals surface area contributed by atoms with E-state index in [1.165, 1.54) is 11.8 Å². The molecule has 10 heteroatoms. The Morgan fingerprint density at radius 3 is 2.51 bits per heavy atom. The van der Waals surface area contributed by atoms with E-state index in [2.05, 4.69) is 42.0 Å². The summed E-state index contributed by atoms with van der Waals surface area (Å²) in [5.74, 6) is 0.487. The van der Waals surface area contributed by atoms with E-state index in [-0.39, 0.29) is 5.91 Å². The lowest BCUT2D eigenvalue weighted by Crippen LogP contribution is -2.27. The minimum Gasteiger partial charge on any atom is -0.378 e. The lowest BCUT2D eigenvalue weighted by atomic mass is 10.2. The van der Waals surface area contributed by atoms with Gasteiger partial charge in [-0.25, -0.2) is 5.43 Å². The molecule has 7 nitrogen and oxygen atoms in total. The van der Waals surface area contributed by atoms with Crippen molar-refractivity contribution < 1.29 is 4.79 Å². The first kappa shape index (κ1) is 25.0. The van der Waals surface area contributed by atoms with Crippen LogP contribution in [0, 0.1) is 0 Å². The molecular formula is C25H22BrClN6OS. The van der Waals surface area contributed by atoms with Crippen molar-refractivity contribution in [1.29, 1.82) is 0 Å². The maximum absolute atomic E-state index is 12.7. The predicted octanol–water partition coefficient (Wildman–Crippen LogP) is 5.93. The van der Waals surface area contributed by atoms with Gasteiger partial charge in [-0.05, 0) is 61.0 Å². The third-order valence-corrected chi connectivity index (χ3v) is 6.74. The van der Waals surface area contributed by atoms with E-state index in [1.807, 2.05) is 90.4 Å². The molecule has 1 aromatic heterocycles. The van der Waals surface area contributed by atoms with Crippen molar-refractivity contribution in [3.8, 4) is 5.69 Å². The molecule has 0 saturated heterocycles. The number of hydrazone groups is 1. The molecule has 0 aliphatic carbocycles. The number of thioether (sulfide) groups is 1. The molecular weight excluding hydrogens is 548 g/mol. The number of rotatable bonds is 9. The van der Waals surface area contributed by atoms with Gasteiger partial charge >= 0.3 is 0 Å². The zero-order valence-corrected chi connectivity index (χ0v) is 21.9. The maximum atomic E-state index is 12.7. The van der Waals surface area contributed by atoms with Crippen LogP contribution in [0.4, 0.5) is 5.69 Å². The molecule has 178 valence electrons. The maximum Gasteiger partial charge on any atom is 0.253 e. The molecule has 0 saturated carbocycles. The van der Waals surface area contributed by atoms with E-state index in [0.29, 0.717) is 16.7 Å². The highest BCUT2D eigenvalue weighted by molar-refractivity contribution is 9.10. The first-order chi connectivity index (χ1) is 17.0. The normalized spacial score (nSPS) is 12.0. The molecule has 0 aliphatic heterocycles. The van der Waals surface area contributed by atoms with Crippen LogP contribution in [0.1, 0.15) is 18.3 Å². The van der Waals surface area contributed by atoms with Crippen molar-refractivity contribution in [2.24, 2.45) is 5.10 Å². The number of amides is 1. The number of carbonyl (C=O) groups is 1. The summed E-state index contributed by atoms with van der Waals surface area (Å²) >= 11 is 10.7. The van der Waals surface area contributed by atoms with Crippen molar-refractivity contribution in [2.45, 2.75) is 23.9 Å². The second-order valence-electron chi connectivity index (χ2n) is 7.48. The fourth-order valence-electron chi connectivity index (χ4n) is 3.10. The Balaban J connectivity index is 1.46. The average Bonchev–Trinajstić information content (AvgIpc) is 3.27. The highest BCUT2D eigenvalue weighted by Crippen LogP contribution is 2.26. The summed E-state index contributed by atoms with van der Waals surface area (Å²) in [6, 6.07) is 24.9. The molecule has 0 aliphatic rings. The first-order valence-corrected chi connectivity index (χ1v) is 12.8. The van der Waals surface area contributed by atoms with Gasteiger partial charge in [0, 0.05) is 20.9 Å². The molecule has 4 rings (SSSR count). The Morgan fingerprint density at radius 2 is 1.80 bits per heavy atom. The zero-order chi connectivity index (χ0) is 24.6. The van der Waals surface area contributed by atoms with Crippen LogP contribution in [0.2, 0.25) is 5.02 Å². The average molecular weight is 570 g/mol. The molecule has 0 unspecified atom stereocenters. The number of hydrogen-bond acceptors (Lipinski definition) is 6. The van der Waals surface area contributed by atoms with Gasteiger partial charge in [-0.3, -0.25) is 9.36 Å². The molecule has 0 radical (unpaired) electrons. The number of nitrogens with one attached hydrogen (secondary N) is 2. The van der Waals surface area contributed by atoms with Crippen molar-refractivity contribution in [2.75, 3.05) is 5.32 Å². The summed E-state index contributed by atoms with van der Waals surface area (Å²) in [6.07, 6.45) is 1.61. The summed E-state index contributed by atoms with van der Waals surface area (Å²) < 4.78 is 2.93. The second kappa shape index (κ2) is 12.0. The zero-order valence-electron chi connectivity index (χ0n) is 18.7. The first-order valence-electron chi connectivity index (χ1n) is 10.7. The van der Waals surface area contributed by atoms with Crippen LogP contribution in [0.3, 0.4) is 0 Å². The van der Waals surface area contributed by atoms with Gasteiger partial charge in [-0.2, -0.15) is 5.10 Å². The molecule has 1 heterocycles. The summed E-state index contributed by atoms with van der Waals surface area (Å²) in [5, 5.41) is 17.0. The fraction of sp³-hybridized carbons (Fsp3) is 0.120. The predicted molar refractivity (Wildman–Crippen MR) is 145 cm³/mol. The quantitative estimate of drug-likeness (QED) is 0.148. The van der Waals surface area contributed by atoms with Gasteiger partial charge in [0.2, 0.25) is 0 Å². The van der Waals surface area contributed by atoms with Gasteiger partial charge in [0.05, 0.1) is 18.0 Å². The van der Waals surface area contributed by atoms with E-state index < -0.39 is 5.25 Å². The number of benzene rings is 3. The lowest BCUT2D eigenvalue weighted by molar-refractivity contribution is -0.120. The number of anilines is 1. The fourth-order valence-corrected chi connectivity index (χ4v) is 4.37. The molecule has 0 spiro atoms. The molecule has 2 N–H and O–H groups in total. The number of nitrogens with zero attached hydrogens (tertiary/aromatic N) is 4. The minimum atomic E-state index is -0.444. The second-order valence-corrected chi connectivity index (χ2v) is 10.1. The molecule has 0 fully saturated rings. The van der Waals surface area contributed by atoms with Crippen molar-refractivity contribution in [1.82, 2.24) is 20.2 Å². The molecule has 35 heavy (non-hydrogen) atoms. The Hall–Kier alpha value is -3.14. The standard InChI is InChI=1S/C25H22BrClN6OS/c1-17(24(34)31-29-15-18-7-9-19(26)10-8-18)35-25-32-30-23(33(25)22-5-3-2-4-6-22)16-28-21-13-11-20(27)12-14-21/h2-15,17,28H,16H2,1H3,(H,31,34)/t17-/m1/s1. The van der Waals surface area contributed by atoms with Gasteiger partial charge < -0.3 is 5.32 Å². The van der Waals surface area contributed by atoms with E-state index in [9.17, 15) is 4.79 Å². The largest absolute Gasteiger partial charge is 0.378 e. The smallest absolute Gasteiger partial charge is 0.253 e. The van der Waals surface area contributed by atoms with Gasteiger partial charge in [0.15, 0.2) is 11.0 Å². The topological polar surface area (TPSA) is 84.2 Å². The van der Waals surface area contributed by atoms with Crippen LogP contribution < -0.4 is 10.7 Å². The summed E-state index contributed by atoms with van der Waals surface area (Å²) in [4.78, 5) is 12.7. The van der Waals surface area contributed by atoms with Crippen LogP contribution >= 0.6 is 39.3 Å². The molecule has 0 bridgehead atoms. The third kappa shape index (κ3) is 6.94. The Labute approximate surface area is 221 Å². The van der Waals surface area contributed by atoms with Gasteiger partial charge in [0.1, 0.15) is 0 Å². The molecule has 1 atom stereocenters. The Bertz CT molecular complexity index is 1300. The summed E-state index contributed by atoms with van der Waals surface area (Å²) in [7, 11) is 0. The SMILES string of the molecule is C[C@@H](Sc1nnc(CNc2ccc(Cl)cc2)n1-c1ccccc1)C(=O)NN=Cc1ccc(Br)cc1. The van der Waals surface area contributed by atoms with E-state index in [0.717, 1.165) is 27.2 Å². The van der Waals surface area contributed by atoms with E-state index in [1.54, 1.807) is 6.21 Å². The van der Waals surface area contributed by atoms with Crippen LogP contribution in [-0.4, -0.2) is 32.1 Å². The third-order valence-electron chi connectivity index (χ3n) is 4.92. The van der Waals surface area contributed by atoms with Gasteiger partial charge in [-0.15, -0.1) is 10.2 Å². The Morgan fingerprint density at radius 1 is 1.09 bits per heavy atom. The summed E-state index contributed by atoms with van der Waals surface area (Å²) in [6.45, 7) is 2.26. The van der Waals surface area contributed by atoms with Gasteiger partial charge in [0.25, 0.3) is 5.91 Å². The number of para-hydroxylation sites is 1. The number of carbonyl (C=O) groups excluding carboxylic acids is 1. The number of halogens is 2. The molecule has 3 aromatic carbocycles. The van der Waals surface area contributed by atoms with Crippen molar-refractivity contribution >= 4 is 57.1 Å². The van der Waals surface area contributed by atoms with Gasteiger partial charge in [-0.1, -0.05) is 69.6 Å². The lowest BCUT2D eigenvalue weighted by Gasteiger charge is -2.13. The van der Waals surface area contributed by atoms with E-state index in [4.69, 9.17) is 11.6 Å². The summed E-state index contributed by atoms with van der Waals surface area (Å²) in [5.41, 5.74) is 5.32. The molecule has 4 aromatic rings. The van der Waals surface area contributed by atoms with Crippen molar-refractivity contribution in [3.63, 3.8) is 0 Å². The molecule has 1 amide bonds. The Kier molecular flexibility index (Phi) is 8.57. The van der Waals surface area contributed by atoms with E-state index >= 15 is 0 Å². The van der Waals surface area contributed by atoms with Crippen LogP contribution in [0.25, 0.3) is 5.69 Å². The van der Waals surface area contributed by atoms with Crippen LogP contribution in [0.5, 0.6) is 0 Å². The monoisotopic (exact) mass is 568 g/mol. The highest BCUT2D eigenvalue weighted by Gasteiger charge is 2.21. The highest BCUT2D eigenvalue weighted by atomic mass is 79.9. The number of hydrogen-bond donors (Lipinski definition) is 2. The minimum absolute atomic E-state index is 0.230. The van der Waals surface area contributed by atoms with Crippen LogP contribution in [-0.2, 0) is 11.3 Å². The van der Waals surface area contributed by atoms with Crippen LogP contribution in [0.15, 0.2) is 93.6 Å². The number of aromatic nitrogens is 3.